The molecule has 0 saturated carbocycles. The van der Waals surface area contributed by atoms with Gasteiger partial charge in [0.25, 0.3) is 0 Å². The SMILES string of the molecule is C#CCON=Cc1c(C(=O)OC)[nH]c2c(C)ccc(C)c12. The second kappa shape index (κ2) is 6.14. The Morgan fingerprint density at radius 3 is 2.81 bits per heavy atom. The van der Waals surface area contributed by atoms with Crippen LogP contribution in [0.15, 0.2) is 17.3 Å². The van der Waals surface area contributed by atoms with Gasteiger partial charge in [0.15, 0.2) is 6.61 Å². The summed E-state index contributed by atoms with van der Waals surface area (Å²) in [7, 11) is 1.34. The lowest BCUT2D eigenvalue weighted by atomic mass is 10.0. The molecule has 0 unspecified atom stereocenters. The van der Waals surface area contributed by atoms with Crippen LogP contribution in [0.1, 0.15) is 27.2 Å². The first-order valence-electron chi connectivity index (χ1n) is 6.39. The van der Waals surface area contributed by atoms with Crippen molar-refractivity contribution in [2.24, 2.45) is 5.16 Å². The molecule has 2 rings (SSSR count). The monoisotopic (exact) mass is 284 g/mol. The Kier molecular flexibility index (Phi) is 4.29. The van der Waals surface area contributed by atoms with Crippen LogP contribution >= 0.6 is 0 Å². The molecule has 1 aromatic carbocycles. The summed E-state index contributed by atoms with van der Waals surface area (Å²) in [6.07, 6.45) is 6.57. The van der Waals surface area contributed by atoms with Crippen LogP contribution in [0.3, 0.4) is 0 Å². The quantitative estimate of drug-likeness (QED) is 0.308. The van der Waals surface area contributed by atoms with Crippen molar-refractivity contribution in [3.63, 3.8) is 0 Å². The molecule has 1 aromatic heterocycles. The van der Waals surface area contributed by atoms with Crippen molar-refractivity contribution in [2.45, 2.75) is 13.8 Å². The van der Waals surface area contributed by atoms with Crippen molar-refractivity contribution in [2.75, 3.05) is 13.7 Å². The summed E-state index contributed by atoms with van der Waals surface area (Å²) in [6.45, 7) is 4.01. The van der Waals surface area contributed by atoms with Crippen LogP contribution in [0.25, 0.3) is 10.9 Å². The van der Waals surface area contributed by atoms with Gasteiger partial charge in [0.1, 0.15) is 5.69 Å². The average molecular weight is 284 g/mol. The number of aromatic nitrogens is 1. The maximum absolute atomic E-state index is 11.9. The number of esters is 1. The molecule has 0 spiro atoms. The Labute approximate surface area is 122 Å². The predicted molar refractivity (Wildman–Crippen MR) is 81.5 cm³/mol. The van der Waals surface area contributed by atoms with Crippen LogP contribution in [0.2, 0.25) is 0 Å². The molecule has 0 fully saturated rings. The molecule has 21 heavy (non-hydrogen) atoms. The van der Waals surface area contributed by atoms with Crippen molar-refractivity contribution >= 4 is 23.1 Å². The van der Waals surface area contributed by atoms with Crippen LogP contribution in [0.4, 0.5) is 0 Å². The number of nitrogens with one attached hydrogen (secondary N) is 1. The highest BCUT2D eigenvalue weighted by Gasteiger charge is 2.19. The van der Waals surface area contributed by atoms with Gasteiger partial charge in [-0.15, -0.1) is 6.42 Å². The van der Waals surface area contributed by atoms with Crippen LogP contribution < -0.4 is 0 Å². The van der Waals surface area contributed by atoms with Gasteiger partial charge in [-0.2, -0.15) is 0 Å². The molecule has 0 radical (unpaired) electrons. The van der Waals surface area contributed by atoms with E-state index in [-0.39, 0.29) is 6.61 Å². The molecule has 0 amide bonds. The number of terminal acetylenes is 1. The predicted octanol–water partition coefficient (Wildman–Crippen LogP) is 2.56. The van der Waals surface area contributed by atoms with E-state index in [0.717, 1.165) is 22.0 Å². The third-order valence-corrected chi connectivity index (χ3v) is 3.20. The molecule has 0 saturated heterocycles. The first-order valence-corrected chi connectivity index (χ1v) is 6.39. The van der Waals surface area contributed by atoms with E-state index in [4.69, 9.17) is 16.0 Å². The Morgan fingerprint density at radius 2 is 2.14 bits per heavy atom. The normalized spacial score (nSPS) is 10.8. The molecule has 1 heterocycles. The minimum atomic E-state index is -0.455. The summed E-state index contributed by atoms with van der Waals surface area (Å²) in [5, 5.41) is 4.73. The van der Waals surface area contributed by atoms with Crippen LogP contribution in [0, 0.1) is 26.2 Å². The van der Waals surface area contributed by atoms with E-state index in [9.17, 15) is 4.79 Å². The smallest absolute Gasteiger partial charge is 0.355 e. The average Bonchev–Trinajstić information content (AvgIpc) is 2.87. The van der Waals surface area contributed by atoms with Gasteiger partial charge in [-0.25, -0.2) is 4.79 Å². The van der Waals surface area contributed by atoms with Gasteiger partial charge >= 0.3 is 5.97 Å². The van der Waals surface area contributed by atoms with E-state index in [0.29, 0.717) is 11.3 Å². The summed E-state index contributed by atoms with van der Waals surface area (Å²) in [5.41, 5.74) is 3.92. The summed E-state index contributed by atoms with van der Waals surface area (Å²) in [6, 6.07) is 3.98. The summed E-state index contributed by atoms with van der Waals surface area (Å²) in [5.74, 6) is 1.86. The van der Waals surface area contributed by atoms with Crippen LogP contribution in [-0.4, -0.2) is 30.9 Å². The maximum Gasteiger partial charge on any atom is 0.355 e. The maximum atomic E-state index is 11.9. The Hall–Kier alpha value is -2.74. The first-order chi connectivity index (χ1) is 10.1. The minimum absolute atomic E-state index is 0.0738. The van der Waals surface area contributed by atoms with Gasteiger partial charge in [0, 0.05) is 16.5 Å². The zero-order valence-corrected chi connectivity index (χ0v) is 12.2. The molecular weight excluding hydrogens is 268 g/mol. The lowest BCUT2D eigenvalue weighted by Crippen LogP contribution is -2.05. The van der Waals surface area contributed by atoms with E-state index in [1.807, 2.05) is 26.0 Å². The zero-order chi connectivity index (χ0) is 15.4. The zero-order valence-electron chi connectivity index (χ0n) is 12.2. The summed E-state index contributed by atoms with van der Waals surface area (Å²) >= 11 is 0. The van der Waals surface area contributed by atoms with Crippen molar-refractivity contribution in [1.29, 1.82) is 0 Å². The minimum Gasteiger partial charge on any atom is -0.464 e. The Morgan fingerprint density at radius 1 is 1.43 bits per heavy atom. The molecule has 0 atom stereocenters. The molecule has 0 aliphatic heterocycles. The third kappa shape index (κ3) is 2.75. The molecule has 0 bridgehead atoms. The van der Waals surface area contributed by atoms with Gasteiger partial charge in [-0.1, -0.05) is 23.2 Å². The molecule has 5 nitrogen and oxygen atoms in total. The second-order valence-corrected chi connectivity index (χ2v) is 4.57. The van der Waals surface area contributed by atoms with E-state index in [1.54, 1.807) is 0 Å². The van der Waals surface area contributed by atoms with E-state index < -0.39 is 5.97 Å². The number of ether oxygens (including phenoxy) is 1. The fourth-order valence-corrected chi connectivity index (χ4v) is 2.19. The highest BCUT2D eigenvalue weighted by molar-refractivity contribution is 6.10. The second-order valence-electron chi connectivity index (χ2n) is 4.57. The molecule has 0 aliphatic rings. The number of oxime groups is 1. The Bertz CT molecular complexity index is 751. The summed E-state index contributed by atoms with van der Waals surface area (Å²) < 4.78 is 4.81. The molecule has 0 aliphatic carbocycles. The number of hydrogen-bond donors (Lipinski definition) is 1. The first kappa shape index (κ1) is 14.7. The molecule has 1 N–H and O–H groups in total. The van der Waals surface area contributed by atoms with Gasteiger partial charge in [0.2, 0.25) is 0 Å². The lowest BCUT2D eigenvalue weighted by Gasteiger charge is -2.01. The number of aryl methyl sites for hydroxylation is 2. The van der Waals surface area contributed by atoms with Gasteiger partial charge in [-0.3, -0.25) is 0 Å². The van der Waals surface area contributed by atoms with Crippen molar-refractivity contribution < 1.29 is 14.4 Å². The number of H-pyrrole nitrogens is 1. The lowest BCUT2D eigenvalue weighted by molar-refractivity contribution is 0.0595. The third-order valence-electron chi connectivity index (χ3n) is 3.20. The number of methoxy groups -OCH3 is 1. The van der Waals surface area contributed by atoms with Gasteiger partial charge < -0.3 is 14.6 Å². The summed E-state index contributed by atoms with van der Waals surface area (Å²) in [4.78, 5) is 19.9. The number of benzene rings is 1. The number of rotatable bonds is 4. The van der Waals surface area contributed by atoms with Gasteiger partial charge in [0.05, 0.1) is 13.3 Å². The van der Waals surface area contributed by atoms with E-state index in [2.05, 4.69) is 16.1 Å². The van der Waals surface area contributed by atoms with Crippen LogP contribution in [0.5, 0.6) is 0 Å². The Balaban J connectivity index is 2.63. The molecule has 5 heteroatoms. The number of carbonyl (C=O) groups is 1. The topological polar surface area (TPSA) is 63.7 Å². The largest absolute Gasteiger partial charge is 0.464 e. The highest BCUT2D eigenvalue weighted by Crippen LogP contribution is 2.27. The van der Waals surface area contributed by atoms with E-state index in [1.165, 1.54) is 13.3 Å². The highest BCUT2D eigenvalue weighted by atomic mass is 16.6. The van der Waals surface area contributed by atoms with Crippen molar-refractivity contribution in [3.8, 4) is 12.3 Å². The van der Waals surface area contributed by atoms with Gasteiger partial charge in [-0.05, 0) is 25.0 Å². The molecule has 108 valence electrons. The van der Waals surface area contributed by atoms with E-state index >= 15 is 0 Å². The number of aromatic amines is 1. The van der Waals surface area contributed by atoms with Crippen molar-refractivity contribution in [3.05, 3.63) is 34.5 Å². The fraction of sp³-hybridized carbons (Fsp3) is 0.250. The number of hydrogen-bond acceptors (Lipinski definition) is 4. The molecular formula is C16H16N2O3. The number of fused-ring (bicyclic) bond motifs is 1. The molecule has 2 aromatic rings. The van der Waals surface area contributed by atoms with Crippen molar-refractivity contribution in [1.82, 2.24) is 4.98 Å². The van der Waals surface area contributed by atoms with Crippen LogP contribution in [-0.2, 0) is 9.57 Å². The number of nitrogens with zero attached hydrogens (tertiary/aromatic N) is 1. The fourth-order valence-electron chi connectivity index (χ4n) is 2.19. The number of carbonyl (C=O) groups excluding carboxylic acids is 1. The standard InChI is InChI=1S/C16H16N2O3/c1-5-8-21-17-9-12-13-10(2)6-7-11(3)14(13)18-15(12)16(19)20-4/h1,6-7,9,18H,8H2,2-4H3.